The Kier molecular flexibility index (Phi) is 5.52. The van der Waals surface area contributed by atoms with E-state index in [0.717, 1.165) is 22.1 Å². The summed E-state index contributed by atoms with van der Waals surface area (Å²) in [7, 11) is -2.25. The Bertz CT molecular complexity index is 789. The first-order chi connectivity index (χ1) is 12.0. The SMILES string of the molecule is CN1[C@@H](C(=O)NCCCn2ccnc2)C[C@@H](c2cccs2)NS1(=O)=O. The molecule has 1 amide bonds. The van der Waals surface area contributed by atoms with Crippen molar-refractivity contribution in [3.63, 3.8) is 0 Å². The zero-order chi connectivity index (χ0) is 17.9. The van der Waals surface area contributed by atoms with Gasteiger partial charge in [0, 0.05) is 37.4 Å². The van der Waals surface area contributed by atoms with Crippen molar-refractivity contribution < 1.29 is 13.2 Å². The van der Waals surface area contributed by atoms with E-state index in [0.29, 0.717) is 13.0 Å². The number of thiophene rings is 1. The minimum Gasteiger partial charge on any atom is -0.355 e. The Hall–Kier alpha value is -1.75. The summed E-state index contributed by atoms with van der Waals surface area (Å²) in [6, 6.07) is 2.66. The highest BCUT2D eigenvalue weighted by atomic mass is 32.2. The van der Waals surface area contributed by atoms with Gasteiger partial charge in [0.05, 0.1) is 12.4 Å². The molecule has 1 aliphatic heterocycles. The number of carbonyl (C=O) groups excluding carboxylic acids is 1. The van der Waals surface area contributed by atoms with Crippen molar-refractivity contribution in [3.05, 3.63) is 41.1 Å². The molecule has 10 heteroatoms. The molecular weight excluding hydrogens is 362 g/mol. The molecule has 0 aliphatic carbocycles. The maximum absolute atomic E-state index is 12.5. The number of hydrogen-bond donors (Lipinski definition) is 2. The quantitative estimate of drug-likeness (QED) is 0.719. The van der Waals surface area contributed by atoms with Crippen molar-refractivity contribution in [3.8, 4) is 0 Å². The van der Waals surface area contributed by atoms with Crippen LogP contribution in [-0.2, 0) is 21.5 Å². The van der Waals surface area contributed by atoms with E-state index in [1.54, 1.807) is 12.5 Å². The third-order valence-electron chi connectivity index (χ3n) is 4.21. The van der Waals surface area contributed by atoms with Crippen LogP contribution in [0.5, 0.6) is 0 Å². The van der Waals surface area contributed by atoms with Crippen molar-refractivity contribution in [2.45, 2.75) is 31.5 Å². The molecule has 3 heterocycles. The van der Waals surface area contributed by atoms with Crippen LogP contribution in [0.2, 0.25) is 0 Å². The smallest absolute Gasteiger partial charge is 0.280 e. The molecule has 0 bridgehead atoms. The predicted molar refractivity (Wildman–Crippen MR) is 95.1 cm³/mol. The third-order valence-corrected chi connectivity index (χ3v) is 6.79. The highest BCUT2D eigenvalue weighted by molar-refractivity contribution is 7.87. The number of carbonyl (C=O) groups is 1. The lowest BCUT2D eigenvalue weighted by molar-refractivity contribution is -0.125. The highest BCUT2D eigenvalue weighted by Crippen LogP contribution is 2.30. The van der Waals surface area contributed by atoms with E-state index in [1.165, 1.54) is 18.4 Å². The Morgan fingerprint density at radius 2 is 2.36 bits per heavy atom. The summed E-state index contributed by atoms with van der Waals surface area (Å²) in [6.45, 7) is 1.23. The molecule has 8 nitrogen and oxygen atoms in total. The molecule has 136 valence electrons. The molecule has 0 aromatic carbocycles. The fourth-order valence-electron chi connectivity index (χ4n) is 2.80. The van der Waals surface area contributed by atoms with Gasteiger partial charge in [-0.1, -0.05) is 6.07 Å². The van der Waals surface area contributed by atoms with Crippen LogP contribution in [0.25, 0.3) is 0 Å². The monoisotopic (exact) mass is 383 g/mol. The Labute approximate surface area is 151 Å². The van der Waals surface area contributed by atoms with Crippen molar-refractivity contribution in [1.29, 1.82) is 0 Å². The summed E-state index contributed by atoms with van der Waals surface area (Å²) in [5, 5.41) is 4.74. The number of imidazole rings is 1. The molecule has 2 aromatic heterocycles. The van der Waals surface area contributed by atoms with E-state index in [9.17, 15) is 13.2 Å². The summed E-state index contributed by atoms with van der Waals surface area (Å²) < 4.78 is 30.3. The molecule has 0 spiro atoms. The lowest BCUT2D eigenvalue weighted by Crippen LogP contribution is -2.57. The molecule has 2 N–H and O–H groups in total. The van der Waals surface area contributed by atoms with Gasteiger partial charge in [-0.05, 0) is 24.3 Å². The van der Waals surface area contributed by atoms with Crippen molar-refractivity contribution in [2.75, 3.05) is 13.6 Å². The standard InChI is InChI=1S/C15H21N5O3S2/c1-19-13(15(21)17-5-3-7-20-8-6-16-11-20)10-12(18-25(19,22)23)14-4-2-9-24-14/h2,4,6,8-9,11-13,18H,3,5,7,10H2,1H3,(H,17,21)/t12-,13+/m0/s1. The second kappa shape index (κ2) is 7.65. The van der Waals surface area contributed by atoms with Gasteiger partial charge in [-0.25, -0.2) is 4.98 Å². The largest absolute Gasteiger partial charge is 0.355 e. The van der Waals surface area contributed by atoms with E-state index in [-0.39, 0.29) is 11.9 Å². The van der Waals surface area contributed by atoms with E-state index < -0.39 is 16.3 Å². The number of nitrogens with one attached hydrogen (secondary N) is 2. The van der Waals surface area contributed by atoms with Crippen LogP contribution >= 0.6 is 11.3 Å². The number of aryl methyl sites for hydroxylation is 1. The van der Waals surface area contributed by atoms with Crippen molar-refractivity contribution in [1.82, 2.24) is 23.9 Å². The maximum Gasteiger partial charge on any atom is 0.280 e. The average Bonchev–Trinajstić information content (AvgIpc) is 3.27. The number of rotatable bonds is 6. The molecule has 0 radical (unpaired) electrons. The molecule has 1 aliphatic rings. The molecule has 2 aromatic rings. The van der Waals surface area contributed by atoms with Crippen LogP contribution in [0.3, 0.4) is 0 Å². The second-order valence-corrected chi connectivity index (χ2v) is 8.64. The van der Waals surface area contributed by atoms with Gasteiger partial charge in [-0.2, -0.15) is 17.4 Å². The van der Waals surface area contributed by atoms with Crippen LogP contribution in [0.1, 0.15) is 23.8 Å². The first-order valence-corrected chi connectivity index (χ1v) is 10.3. The summed E-state index contributed by atoms with van der Waals surface area (Å²) in [4.78, 5) is 17.4. The maximum atomic E-state index is 12.5. The van der Waals surface area contributed by atoms with E-state index in [2.05, 4.69) is 15.0 Å². The Morgan fingerprint density at radius 3 is 3.04 bits per heavy atom. The van der Waals surface area contributed by atoms with E-state index in [1.807, 2.05) is 28.3 Å². The van der Waals surface area contributed by atoms with Gasteiger partial charge in [-0.15, -0.1) is 11.3 Å². The summed E-state index contributed by atoms with van der Waals surface area (Å²) in [5.74, 6) is -0.264. The van der Waals surface area contributed by atoms with E-state index >= 15 is 0 Å². The van der Waals surface area contributed by atoms with Gasteiger partial charge in [0.25, 0.3) is 10.2 Å². The number of amides is 1. The molecular formula is C15H21N5O3S2. The van der Waals surface area contributed by atoms with Gasteiger partial charge in [0.1, 0.15) is 6.04 Å². The molecule has 1 saturated heterocycles. The zero-order valence-electron chi connectivity index (χ0n) is 13.8. The summed E-state index contributed by atoms with van der Waals surface area (Å²) in [5.41, 5.74) is 0. The molecule has 1 fully saturated rings. The lowest BCUT2D eigenvalue weighted by atomic mass is 10.1. The number of nitrogens with zero attached hydrogens (tertiary/aromatic N) is 3. The van der Waals surface area contributed by atoms with Crippen LogP contribution in [0.4, 0.5) is 0 Å². The number of hydrogen-bond acceptors (Lipinski definition) is 5. The van der Waals surface area contributed by atoms with Crippen LogP contribution in [0, 0.1) is 0 Å². The van der Waals surface area contributed by atoms with E-state index in [4.69, 9.17) is 0 Å². The van der Waals surface area contributed by atoms with Crippen LogP contribution < -0.4 is 10.0 Å². The lowest BCUT2D eigenvalue weighted by Gasteiger charge is -2.35. The average molecular weight is 383 g/mol. The van der Waals surface area contributed by atoms with Gasteiger partial charge in [0.15, 0.2) is 0 Å². The molecule has 0 unspecified atom stereocenters. The second-order valence-electron chi connectivity index (χ2n) is 5.90. The first kappa shape index (κ1) is 18.1. The van der Waals surface area contributed by atoms with Crippen molar-refractivity contribution in [2.24, 2.45) is 0 Å². The number of aromatic nitrogens is 2. The molecule has 0 saturated carbocycles. The van der Waals surface area contributed by atoms with Gasteiger partial charge < -0.3 is 9.88 Å². The van der Waals surface area contributed by atoms with Crippen LogP contribution in [0.15, 0.2) is 36.2 Å². The Morgan fingerprint density at radius 1 is 1.52 bits per heavy atom. The summed E-state index contributed by atoms with van der Waals surface area (Å²) in [6.07, 6.45) is 6.45. The van der Waals surface area contributed by atoms with Gasteiger partial charge in [-0.3, -0.25) is 4.79 Å². The molecule has 2 atom stereocenters. The fourth-order valence-corrected chi connectivity index (χ4v) is 4.93. The topological polar surface area (TPSA) is 96.3 Å². The molecule has 25 heavy (non-hydrogen) atoms. The van der Waals surface area contributed by atoms with Crippen molar-refractivity contribution >= 4 is 27.5 Å². The predicted octanol–water partition coefficient (Wildman–Crippen LogP) is 0.731. The zero-order valence-corrected chi connectivity index (χ0v) is 15.5. The van der Waals surface area contributed by atoms with Gasteiger partial charge >= 0.3 is 0 Å². The number of likely N-dealkylation sites (N-methyl/N-ethyl adjacent to an activating group) is 1. The van der Waals surface area contributed by atoms with Gasteiger partial charge in [0.2, 0.25) is 5.91 Å². The molecule has 3 rings (SSSR count). The summed E-state index contributed by atoms with van der Waals surface area (Å²) >= 11 is 1.48. The highest BCUT2D eigenvalue weighted by Gasteiger charge is 2.40. The first-order valence-electron chi connectivity index (χ1n) is 7.99. The van der Waals surface area contributed by atoms with Crippen LogP contribution in [-0.4, -0.2) is 47.8 Å². The normalized spacial score (nSPS) is 23.4. The Balaban J connectivity index is 1.59. The minimum absolute atomic E-state index is 0.264. The third kappa shape index (κ3) is 4.27. The fraction of sp³-hybridized carbons (Fsp3) is 0.467. The minimum atomic E-state index is -3.68.